The van der Waals surface area contributed by atoms with Gasteiger partial charge in [0.1, 0.15) is 12.1 Å². The number of fused-ring (bicyclic) bond motifs is 1. The van der Waals surface area contributed by atoms with E-state index in [-0.39, 0.29) is 4.92 Å². The van der Waals surface area contributed by atoms with Crippen molar-refractivity contribution in [3.05, 3.63) is 94.0 Å². The van der Waals surface area contributed by atoms with Crippen LogP contribution in [0, 0.1) is 10.1 Å². The molecule has 0 saturated carbocycles. The van der Waals surface area contributed by atoms with E-state index in [0.29, 0.717) is 0 Å². The molecule has 0 aromatic heterocycles. The quantitative estimate of drug-likeness (QED) is 0.428. The van der Waals surface area contributed by atoms with E-state index in [4.69, 9.17) is 4.74 Å². The lowest BCUT2D eigenvalue weighted by atomic mass is 9.84. The summed E-state index contributed by atoms with van der Waals surface area (Å²) in [4.78, 5) is 24.4. The van der Waals surface area contributed by atoms with Crippen LogP contribution in [0.15, 0.2) is 72.8 Å². The van der Waals surface area contributed by atoms with Crippen LogP contribution < -0.4 is 5.32 Å². The van der Waals surface area contributed by atoms with Crippen molar-refractivity contribution in [2.75, 3.05) is 7.11 Å². The van der Waals surface area contributed by atoms with Gasteiger partial charge in [0, 0.05) is 4.92 Å². The van der Waals surface area contributed by atoms with Crippen LogP contribution in [-0.4, -0.2) is 30.1 Å². The highest BCUT2D eigenvalue weighted by Gasteiger charge is 2.55. The highest BCUT2D eigenvalue weighted by Crippen LogP contribution is 2.42. The average Bonchev–Trinajstić information content (AvgIpc) is 3.14. The third-order valence-electron chi connectivity index (χ3n) is 5.47. The Bertz CT molecular complexity index is 1020. The van der Waals surface area contributed by atoms with Crippen LogP contribution in [0.5, 0.6) is 0 Å². The molecule has 3 aromatic carbocycles. The first kappa shape index (κ1) is 18.1. The zero-order valence-corrected chi connectivity index (χ0v) is 15.3. The Morgan fingerprint density at radius 2 is 1.68 bits per heavy atom. The molecule has 28 heavy (non-hydrogen) atoms. The molecule has 0 spiro atoms. The molecule has 1 fully saturated rings. The van der Waals surface area contributed by atoms with Crippen LogP contribution >= 0.6 is 0 Å². The molecule has 1 aliphatic heterocycles. The zero-order chi connectivity index (χ0) is 19.7. The van der Waals surface area contributed by atoms with E-state index in [9.17, 15) is 14.9 Å². The van der Waals surface area contributed by atoms with E-state index >= 15 is 0 Å². The van der Waals surface area contributed by atoms with Gasteiger partial charge in [-0.25, -0.2) is 0 Å². The van der Waals surface area contributed by atoms with Crippen molar-refractivity contribution in [1.29, 1.82) is 0 Å². The van der Waals surface area contributed by atoms with Crippen LogP contribution in [0.4, 0.5) is 0 Å². The van der Waals surface area contributed by atoms with Crippen molar-refractivity contribution >= 4 is 16.7 Å². The van der Waals surface area contributed by atoms with Gasteiger partial charge >= 0.3 is 5.97 Å². The molecule has 0 aliphatic carbocycles. The van der Waals surface area contributed by atoms with Crippen molar-refractivity contribution in [2.45, 2.75) is 24.0 Å². The van der Waals surface area contributed by atoms with Crippen LogP contribution in [0.3, 0.4) is 0 Å². The van der Waals surface area contributed by atoms with Gasteiger partial charge in [-0.1, -0.05) is 72.8 Å². The monoisotopic (exact) mass is 376 g/mol. The first-order valence-electron chi connectivity index (χ1n) is 9.12. The summed E-state index contributed by atoms with van der Waals surface area (Å²) >= 11 is 0. The van der Waals surface area contributed by atoms with E-state index in [1.165, 1.54) is 7.11 Å². The van der Waals surface area contributed by atoms with Gasteiger partial charge < -0.3 is 4.74 Å². The normalized spacial score (nSPS) is 24.2. The minimum absolute atomic E-state index is 0.278. The number of methoxy groups -OCH3 is 1. The van der Waals surface area contributed by atoms with Crippen LogP contribution in [0.1, 0.15) is 23.1 Å². The Balaban J connectivity index is 1.87. The van der Waals surface area contributed by atoms with Crippen molar-refractivity contribution in [3.63, 3.8) is 0 Å². The zero-order valence-electron chi connectivity index (χ0n) is 15.3. The van der Waals surface area contributed by atoms with Gasteiger partial charge in [0.05, 0.1) is 13.0 Å². The second-order valence-corrected chi connectivity index (χ2v) is 6.93. The van der Waals surface area contributed by atoms with Gasteiger partial charge in [0.2, 0.25) is 6.04 Å². The SMILES string of the molecule is COC(=O)[C@H]1N[C@@H](c2cccc3ccccc23)[C@@H]([N+](=O)[O-])[C@@H]1c1ccccc1. The van der Waals surface area contributed by atoms with Crippen molar-refractivity contribution in [1.82, 2.24) is 5.32 Å². The van der Waals surface area contributed by atoms with Gasteiger partial charge in [-0.3, -0.25) is 20.2 Å². The van der Waals surface area contributed by atoms with Gasteiger partial charge in [-0.05, 0) is 21.9 Å². The Labute approximate surface area is 162 Å². The minimum Gasteiger partial charge on any atom is -0.468 e. The number of nitrogens with zero attached hydrogens (tertiary/aromatic N) is 1. The summed E-state index contributed by atoms with van der Waals surface area (Å²) < 4.78 is 4.96. The highest BCUT2D eigenvalue weighted by molar-refractivity contribution is 5.86. The fourth-order valence-corrected chi connectivity index (χ4v) is 4.25. The summed E-state index contributed by atoms with van der Waals surface area (Å²) in [5.41, 5.74) is 1.56. The van der Waals surface area contributed by atoms with Gasteiger partial charge in [-0.15, -0.1) is 0 Å². The second-order valence-electron chi connectivity index (χ2n) is 6.93. The standard InChI is InChI=1S/C22H20N2O4/c1-28-22(25)20-18(15-9-3-2-4-10-15)21(24(26)27)19(23-20)17-13-7-11-14-8-5-6-12-16(14)17/h2-13,18-21,23H,1H3/t18-,19+,20+,21+/m1/s1. The number of nitro groups is 1. The molecular formula is C22H20N2O4. The number of nitrogens with one attached hydrogen (secondary N) is 1. The number of benzene rings is 3. The number of carbonyl (C=O) groups excluding carboxylic acids is 1. The lowest BCUT2D eigenvalue weighted by Crippen LogP contribution is -2.37. The summed E-state index contributed by atoms with van der Waals surface area (Å²) in [6.45, 7) is 0. The third-order valence-corrected chi connectivity index (χ3v) is 5.47. The predicted molar refractivity (Wildman–Crippen MR) is 106 cm³/mol. The van der Waals surface area contributed by atoms with E-state index < -0.39 is 30.0 Å². The highest BCUT2D eigenvalue weighted by atomic mass is 16.6. The largest absolute Gasteiger partial charge is 0.468 e. The lowest BCUT2D eigenvalue weighted by Gasteiger charge is -2.19. The number of esters is 1. The fourth-order valence-electron chi connectivity index (χ4n) is 4.25. The smallest absolute Gasteiger partial charge is 0.323 e. The molecule has 1 heterocycles. The maximum atomic E-state index is 12.5. The Morgan fingerprint density at radius 3 is 2.39 bits per heavy atom. The molecule has 3 aromatic rings. The van der Waals surface area contributed by atoms with Gasteiger partial charge in [-0.2, -0.15) is 0 Å². The number of rotatable bonds is 4. The molecule has 1 N–H and O–H groups in total. The number of ether oxygens (including phenoxy) is 1. The van der Waals surface area contributed by atoms with Gasteiger partial charge in [0.25, 0.3) is 0 Å². The number of carbonyl (C=O) groups is 1. The molecule has 4 rings (SSSR count). The molecule has 0 amide bonds. The summed E-state index contributed by atoms with van der Waals surface area (Å²) in [5, 5.41) is 17.3. The van der Waals surface area contributed by atoms with Crippen molar-refractivity contribution in [2.24, 2.45) is 0 Å². The molecule has 0 radical (unpaired) electrons. The van der Waals surface area contributed by atoms with E-state index in [0.717, 1.165) is 21.9 Å². The van der Waals surface area contributed by atoms with Gasteiger partial charge in [0.15, 0.2) is 0 Å². The summed E-state index contributed by atoms with van der Waals surface area (Å²) in [7, 11) is 1.30. The average molecular weight is 376 g/mol. The maximum absolute atomic E-state index is 12.5. The Morgan fingerprint density at radius 1 is 1.00 bits per heavy atom. The third kappa shape index (κ3) is 3.01. The van der Waals surface area contributed by atoms with Crippen LogP contribution in [0.25, 0.3) is 10.8 Å². The maximum Gasteiger partial charge on any atom is 0.323 e. The van der Waals surface area contributed by atoms with Crippen molar-refractivity contribution in [3.8, 4) is 0 Å². The summed E-state index contributed by atoms with van der Waals surface area (Å²) in [6.07, 6.45) is 0. The first-order chi connectivity index (χ1) is 13.6. The molecule has 0 bridgehead atoms. The molecule has 6 heteroatoms. The minimum atomic E-state index is -1.00. The number of hydrogen-bond acceptors (Lipinski definition) is 5. The van der Waals surface area contributed by atoms with Crippen LogP contribution in [-0.2, 0) is 9.53 Å². The molecule has 4 atom stereocenters. The Hall–Kier alpha value is -3.25. The molecular weight excluding hydrogens is 356 g/mol. The fraction of sp³-hybridized carbons (Fsp3) is 0.227. The molecule has 1 aliphatic rings. The van der Waals surface area contributed by atoms with E-state index in [2.05, 4.69) is 5.32 Å². The van der Waals surface area contributed by atoms with Crippen molar-refractivity contribution < 1.29 is 14.5 Å². The Kier molecular flexibility index (Phi) is 4.79. The predicted octanol–water partition coefficient (Wildman–Crippen LogP) is 3.45. The van der Waals surface area contributed by atoms with Crippen LogP contribution in [0.2, 0.25) is 0 Å². The molecule has 142 valence electrons. The number of hydrogen-bond donors (Lipinski definition) is 1. The summed E-state index contributed by atoms with van der Waals surface area (Å²) in [6, 6.07) is 20.2. The first-order valence-corrected chi connectivity index (χ1v) is 9.12. The topological polar surface area (TPSA) is 81.5 Å². The molecule has 0 unspecified atom stereocenters. The summed E-state index contributed by atoms with van der Waals surface area (Å²) in [5.74, 6) is -1.13. The van der Waals surface area contributed by atoms with E-state index in [1.807, 2.05) is 72.8 Å². The van der Waals surface area contributed by atoms with E-state index in [1.54, 1.807) is 0 Å². The molecule has 6 nitrogen and oxygen atoms in total. The molecule has 1 saturated heterocycles. The second kappa shape index (κ2) is 7.40. The lowest BCUT2D eigenvalue weighted by molar-refractivity contribution is -0.527.